The number of carbonyl (C=O) groups excluding carboxylic acids is 1. The van der Waals surface area contributed by atoms with Crippen LogP contribution in [0.1, 0.15) is 47.8 Å². The van der Waals surface area contributed by atoms with Gasteiger partial charge < -0.3 is 19.5 Å². The number of hydrogen-bond acceptors (Lipinski definition) is 5. The van der Waals surface area contributed by atoms with Crippen LogP contribution in [0.15, 0.2) is 29.1 Å². The zero-order valence-corrected chi connectivity index (χ0v) is 17.8. The maximum absolute atomic E-state index is 12.6. The van der Waals surface area contributed by atoms with E-state index in [0.29, 0.717) is 19.5 Å². The Hall–Kier alpha value is -2.67. The smallest absolute Gasteiger partial charge is 0.254 e. The zero-order valence-electron chi connectivity index (χ0n) is 17.8. The second kappa shape index (κ2) is 9.00. The predicted molar refractivity (Wildman–Crippen MR) is 115 cm³/mol. The van der Waals surface area contributed by atoms with Crippen LogP contribution in [-0.2, 0) is 24.2 Å². The minimum Gasteiger partial charge on any atom is -0.497 e. The van der Waals surface area contributed by atoms with Crippen LogP contribution in [-0.4, -0.2) is 59.5 Å². The average molecular weight is 411 g/mol. The molecule has 0 aliphatic carbocycles. The van der Waals surface area contributed by atoms with E-state index in [2.05, 4.69) is 16.9 Å². The molecular formula is C23H30N4O3. The highest BCUT2D eigenvalue weighted by Gasteiger charge is 2.27. The molecule has 1 aromatic carbocycles. The summed E-state index contributed by atoms with van der Waals surface area (Å²) >= 11 is 0. The lowest BCUT2D eigenvalue weighted by molar-refractivity contribution is -0.132. The summed E-state index contributed by atoms with van der Waals surface area (Å²) in [6.07, 6.45) is 3.68. The Kier molecular flexibility index (Phi) is 6.18. The Balaban J connectivity index is 1.32. The molecule has 160 valence electrons. The number of rotatable bonds is 5. The number of carbonyl (C=O) groups is 1. The standard InChI is InChI=1S/C23H30N4O3/c1-26-12-11-19-20(15-26)24-22(25-23(19)29)17-9-13-27(14-10-17)21(28)8-5-16-3-6-18(30-2)7-4-16/h3-4,6-7,17H,5,8-15H2,1-2H3,(H,24,25,29). The van der Waals surface area contributed by atoms with Gasteiger partial charge in [0.1, 0.15) is 11.6 Å². The largest absolute Gasteiger partial charge is 0.497 e. The van der Waals surface area contributed by atoms with Crippen molar-refractivity contribution in [1.29, 1.82) is 0 Å². The van der Waals surface area contributed by atoms with Gasteiger partial charge in [0.15, 0.2) is 0 Å². The molecule has 30 heavy (non-hydrogen) atoms. The summed E-state index contributed by atoms with van der Waals surface area (Å²) in [4.78, 5) is 37.1. The van der Waals surface area contributed by atoms with Crippen molar-refractivity contribution in [1.82, 2.24) is 19.8 Å². The van der Waals surface area contributed by atoms with Gasteiger partial charge >= 0.3 is 0 Å². The predicted octanol–water partition coefficient (Wildman–Crippen LogP) is 2.11. The first-order valence-corrected chi connectivity index (χ1v) is 10.7. The molecule has 2 aliphatic heterocycles. The van der Waals surface area contributed by atoms with E-state index in [9.17, 15) is 9.59 Å². The Bertz CT molecular complexity index is 946. The number of aromatic amines is 1. The third kappa shape index (κ3) is 4.56. The average Bonchev–Trinajstić information content (AvgIpc) is 2.77. The van der Waals surface area contributed by atoms with Gasteiger partial charge in [-0.05, 0) is 50.4 Å². The van der Waals surface area contributed by atoms with Crippen molar-refractivity contribution in [3.63, 3.8) is 0 Å². The molecular weight excluding hydrogens is 380 g/mol. The molecule has 1 fully saturated rings. The van der Waals surface area contributed by atoms with Gasteiger partial charge in [0.05, 0.1) is 12.8 Å². The van der Waals surface area contributed by atoms with Crippen LogP contribution in [0, 0.1) is 0 Å². The summed E-state index contributed by atoms with van der Waals surface area (Å²) in [6, 6.07) is 7.87. The lowest BCUT2D eigenvalue weighted by Gasteiger charge is -2.32. The molecule has 0 radical (unpaired) electrons. The molecule has 1 aromatic heterocycles. The summed E-state index contributed by atoms with van der Waals surface area (Å²) in [6.45, 7) is 3.06. The summed E-state index contributed by atoms with van der Waals surface area (Å²) in [5, 5.41) is 0. The van der Waals surface area contributed by atoms with Crippen molar-refractivity contribution in [2.75, 3.05) is 33.8 Å². The van der Waals surface area contributed by atoms with Crippen molar-refractivity contribution >= 4 is 5.91 Å². The molecule has 3 heterocycles. The van der Waals surface area contributed by atoms with Crippen LogP contribution in [0.3, 0.4) is 0 Å². The number of methoxy groups -OCH3 is 1. The molecule has 0 bridgehead atoms. The van der Waals surface area contributed by atoms with E-state index in [4.69, 9.17) is 9.72 Å². The molecule has 7 heteroatoms. The Morgan fingerprint density at radius 3 is 2.63 bits per heavy atom. The van der Waals surface area contributed by atoms with E-state index in [0.717, 1.165) is 67.2 Å². The first kappa shape index (κ1) is 20.6. The van der Waals surface area contributed by atoms with Crippen molar-refractivity contribution in [3.8, 4) is 5.75 Å². The first-order valence-electron chi connectivity index (χ1n) is 10.7. The topological polar surface area (TPSA) is 78.5 Å². The second-order valence-electron chi connectivity index (χ2n) is 8.37. The number of likely N-dealkylation sites (tertiary alicyclic amines) is 1. The fraction of sp³-hybridized carbons (Fsp3) is 0.522. The van der Waals surface area contributed by atoms with Gasteiger partial charge in [0, 0.05) is 44.1 Å². The quantitative estimate of drug-likeness (QED) is 0.817. The number of ether oxygens (including phenoxy) is 1. The Labute approximate surface area is 177 Å². The molecule has 2 aliphatic rings. The zero-order chi connectivity index (χ0) is 21.1. The summed E-state index contributed by atoms with van der Waals surface area (Å²) in [7, 11) is 3.71. The molecule has 0 atom stereocenters. The van der Waals surface area contributed by atoms with Crippen molar-refractivity contribution in [2.24, 2.45) is 0 Å². The Morgan fingerprint density at radius 2 is 1.93 bits per heavy atom. The highest BCUT2D eigenvalue weighted by atomic mass is 16.5. The minimum absolute atomic E-state index is 0.0149. The normalized spacial score (nSPS) is 17.6. The number of nitrogens with zero attached hydrogens (tertiary/aromatic N) is 3. The van der Waals surface area contributed by atoms with Gasteiger partial charge in [-0.2, -0.15) is 0 Å². The number of likely N-dealkylation sites (N-methyl/N-ethyl adjacent to an activating group) is 1. The molecule has 1 N–H and O–H groups in total. The highest BCUT2D eigenvalue weighted by Crippen LogP contribution is 2.26. The van der Waals surface area contributed by atoms with Gasteiger partial charge in [0.2, 0.25) is 5.91 Å². The van der Waals surface area contributed by atoms with E-state index >= 15 is 0 Å². The van der Waals surface area contributed by atoms with E-state index in [-0.39, 0.29) is 17.4 Å². The van der Waals surface area contributed by atoms with Crippen molar-refractivity contribution < 1.29 is 9.53 Å². The molecule has 2 aromatic rings. The molecule has 7 nitrogen and oxygen atoms in total. The number of H-pyrrole nitrogens is 1. The molecule has 1 amide bonds. The number of piperidine rings is 1. The monoisotopic (exact) mass is 410 g/mol. The number of fused-ring (bicyclic) bond motifs is 1. The minimum atomic E-state index is 0.0149. The number of benzene rings is 1. The third-order valence-corrected chi connectivity index (χ3v) is 6.30. The lowest BCUT2D eigenvalue weighted by Crippen LogP contribution is -2.39. The number of nitrogens with one attached hydrogen (secondary N) is 1. The number of aryl methyl sites for hydroxylation is 1. The van der Waals surface area contributed by atoms with Crippen molar-refractivity contribution in [2.45, 2.75) is 44.6 Å². The maximum atomic E-state index is 12.6. The van der Waals surface area contributed by atoms with Crippen LogP contribution in [0.2, 0.25) is 0 Å². The molecule has 4 rings (SSSR count). The number of hydrogen-bond donors (Lipinski definition) is 1. The van der Waals surface area contributed by atoms with E-state index in [1.807, 2.05) is 29.2 Å². The van der Waals surface area contributed by atoms with Gasteiger partial charge in [-0.15, -0.1) is 0 Å². The SMILES string of the molecule is COc1ccc(CCC(=O)N2CCC(c3nc4c(c(=O)[nH]3)CCN(C)C4)CC2)cc1. The summed E-state index contributed by atoms with van der Waals surface area (Å²) in [5.74, 6) is 2.02. The fourth-order valence-electron chi connectivity index (χ4n) is 4.39. The lowest BCUT2D eigenvalue weighted by atomic mass is 9.95. The van der Waals surface area contributed by atoms with E-state index in [1.54, 1.807) is 7.11 Å². The van der Waals surface area contributed by atoms with Crippen LogP contribution >= 0.6 is 0 Å². The molecule has 0 spiro atoms. The van der Waals surface area contributed by atoms with Gasteiger partial charge in [0.25, 0.3) is 5.56 Å². The van der Waals surface area contributed by atoms with Gasteiger partial charge in [-0.3, -0.25) is 9.59 Å². The van der Waals surface area contributed by atoms with Crippen LogP contribution in [0.5, 0.6) is 5.75 Å². The van der Waals surface area contributed by atoms with Crippen LogP contribution in [0.4, 0.5) is 0 Å². The van der Waals surface area contributed by atoms with Crippen LogP contribution < -0.4 is 10.3 Å². The van der Waals surface area contributed by atoms with Gasteiger partial charge in [-0.1, -0.05) is 12.1 Å². The Morgan fingerprint density at radius 1 is 1.20 bits per heavy atom. The van der Waals surface area contributed by atoms with Crippen molar-refractivity contribution in [3.05, 3.63) is 57.3 Å². The summed E-state index contributed by atoms with van der Waals surface area (Å²) < 4.78 is 5.17. The van der Waals surface area contributed by atoms with Gasteiger partial charge in [-0.25, -0.2) is 4.98 Å². The number of amides is 1. The third-order valence-electron chi connectivity index (χ3n) is 6.30. The fourth-order valence-corrected chi connectivity index (χ4v) is 4.39. The van der Waals surface area contributed by atoms with E-state index < -0.39 is 0 Å². The number of aromatic nitrogens is 2. The maximum Gasteiger partial charge on any atom is 0.254 e. The highest BCUT2D eigenvalue weighted by molar-refractivity contribution is 5.76. The molecule has 0 unspecified atom stereocenters. The molecule has 0 saturated carbocycles. The first-order chi connectivity index (χ1) is 14.5. The van der Waals surface area contributed by atoms with Crippen LogP contribution in [0.25, 0.3) is 0 Å². The summed E-state index contributed by atoms with van der Waals surface area (Å²) in [5.41, 5.74) is 2.91. The van der Waals surface area contributed by atoms with E-state index in [1.165, 1.54) is 0 Å². The second-order valence-corrected chi connectivity index (χ2v) is 8.37. The molecule has 1 saturated heterocycles.